The molecule has 3 fully saturated rings. The quantitative estimate of drug-likeness (QED) is 0.338. The summed E-state index contributed by atoms with van der Waals surface area (Å²) in [7, 11) is 1.99. The third-order valence-electron chi connectivity index (χ3n) is 12.2. The summed E-state index contributed by atoms with van der Waals surface area (Å²) >= 11 is 0. The zero-order valence-electron chi connectivity index (χ0n) is 25.6. The summed E-state index contributed by atoms with van der Waals surface area (Å²) in [5, 5.41) is 4.64. The standard InChI is InChI=1S/C37H45N3O2/c1-23-22-27-28-14-15-30(36(28,2)19-16-29(27)37(3)20-17-32(41)40(4)34(23)37)35(42)38-21-18-26-25-12-8-9-13-31(25)39-33(26)24-10-6-5-7-11-24/h5-13,27-30,39H,14-22H2,1-4H3,(H,38,42)/t27-,28-,29-,30+,36-,37+/m0/s1. The number of hydrogen-bond donors (Lipinski definition) is 2. The average molecular weight is 564 g/mol. The molecule has 0 bridgehead atoms. The first-order chi connectivity index (χ1) is 20.2. The minimum absolute atomic E-state index is 0.0474. The fourth-order valence-electron chi connectivity index (χ4n) is 10.3. The molecule has 5 nitrogen and oxygen atoms in total. The number of piperidine rings is 1. The molecule has 4 aliphatic rings. The summed E-state index contributed by atoms with van der Waals surface area (Å²) < 4.78 is 0. The van der Waals surface area contributed by atoms with Gasteiger partial charge in [0.15, 0.2) is 0 Å². The van der Waals surface area contributed by atoms with Crippen LogP contribution in [0.3, 0.4) is 0 Å². The number of carbonyl (C=O) groups excluding carboxylic acids is 2. The number of aromatic nitrogens is 1. The van der Waals surface area contributed by atoms with E-state index < -0.39 is 0 Å². The van der Waals surface area contributed by atoms with Gasteiger partial charge in [-0.2, -0.15) is 0 Å². The molecule has 7 rings (SSSR count). The van der Waals surface area contributed by atoms with Crippen LogP contribution in [0.5, 0.6) is 0 Å². The molecule has 5 heteroatoms. The highest BCUT2D eigenvalue weighted by Gasteiger charge is 2.61. The van der Waals surface area contributed by atoms with Crippen molar-refractivity contribution in [2.75, 3.05) is 13.6 Å². The predicted molar refractivity (Wildman–Crippen MR) is 168 cm³/mol. The molecule has 3 aliphatic carbocycles. The Morgan fingerprint density at radius 1 is 1.00 bits per heavy atom. The summed E-state index contributed by atoms with van der Waals surface area (Å²) in [6.07, 6.45) is 7.90. The van der Waals surface area contributed by atoms with E-state index in [0.29, 0.717) is 30.7 Å². The van der Waals surface area contributed by atoms with Crippen LogP contribution in [0.4, 0.5) is 0 Å². The van der Waals surface area contributed by atoms with Gasteiger partial charge in [-0.3, -0.25) is 9.59 Å². The lowest BCUT2D eigenvalue weighted by atomic mass is 9.48. The van der Waals surface area contributed by atoms with E-state index in [2.05, 4.69) is 79.6 Å². The van der Waals surface area contributed by atoms with E-state index in [1.54, 1.807) is 0 Å². The van der Waals surface area contributed by atoms with Gasteiger partial charge in [-0.05, 0) is 92.2 Å². The molecule has 0 unspecified atom stereocenters. The predicted octanol–water partition coefficient (Wildman–Crippen LogP) is 7.49. The molecule has 2 saturated carbocycles. The molecule has 2 amide bonds. The van der Waals surface area contributed by atoms with Gasteiger partial charge in [-0.25, -0.2) is 0 Å². The van der Waals surface area contributed by atoms with Crippen molar-refractivity contribution in [1.29, 1.82) is 0 Å². The molecule has 0 spiro atoms. The smallest absolute Gasteiger partial charge is 0.226 e. The van der Waals surface area contributed by atoms with E-state index >= 15 is 0 Å². The largest absolute Gasteiger partial charge is 0.356 e. The lowest BCUT2D eigenvalue weighted by Crippen LogP contribution is -2.55. The van der Waals surface area contributed by atoms with E-state index in [9.17, 15) is 9.59 Å². The zero-order valence-corrected chi connectivity index (χ0v) is 25.6. The van der Waals surface area contributed by atoms with Gasteiger partial charge in [-0.15, -0.1) is 0 Å². The maximum atomic E-state index is 13.9. The molecule has 2 heterocycles. The van der Waals surface area contributed by atoms with Crippen molar-refractivity contribution in [3.8, 4) is 11.3 Å². The minimum Gasteiger partial charge on any atom is -0.356 e. The molecular weight excluding hydrogens is 518 g/mol. The number of rotatable bonds is 5. The third kappa shape index (κ3) is 4.10. The van der Waals surface area contributed by atoms with E-state index in [1.165, 1.54) is 27.8 Å². The van der Waals surface area contributed by atoms with E-state index in [-0.39, 0.29) is 28.6 Å². The number of nitrogens with zero attached hydrogens (tertiary/aromatic N) is 1. The summed E-state index contributed by atoms with van der Waals surface area (Å²) in [4.78, 5) is 32.1. The topological polar surface area (TPSA) is 65.2 Å². The Morgan fingerprint density at radius 3 is 2.57 bits per heavy atom. The first kappa shape index (κ1) is 27.5. The van der Waals surface area contributed by atoms with Crippen LogP contribution in [-0.4, -0.2) is 35.3 Å². The SMILES string of the molecule is CC1=C2N(C)C(=O)CC[C@]2(C)[C@H]2CC[C@]3(C)[C@@H](C(=O)NCCc4c(-c5ccccc5)[nH]c5ccccc45)CC[C@H]3[C@@H]2C1. The number of benzene rings is 2. The maximum absolute atomic E-state index is 13.9. The average Bonchev–Trinajstić information content (AvgIpc) is 3.53. The molecule has 2 N–H and O–H groups in total. The highest BCUT2D eigenvalue weighted by atomic mass is 16.2. The fraction of sp³-hybridized carbons (Fsp3) is 0.514. The summed E-state index contributed by atoms with van der Waals surface area (Å²) in [6, 6.07) is 19.0. The number of allylic oxidation sites excluding steroid dienone is 2. The van der Waals surface area contributed by atoms with Gasteiger partial charge in [0.1, 0.15) is 0 Å². The second-order valence-corrected chi connectivity index (χ2v) is 14.2. The monoisotopic (exact) mass is 563 g/mol. The van der Waals surface area contributed by atoms with Crippen molar-refractivity contribution in [1.82, 2.24) is 15.2 Å². The van der Waals surface area contributed by atoms with Crippen LogP contribution >= 0.6 is 0 Å². The Bertz CT molecular complexity index is 1570. The number of hydrogen-bond acceptors (Lipinski definition) is 2. The van der Waals surface area contributed by atoms with Gasteiger partial charge in [0.25, 0.3) is 0 Å². The highest BCUT2D eigenvalue weighted by Crippen LogP contribution is 2.66. The normalized spacial score (nSPS) is 32.5. The van der Waals surface area contributed by atoms with Crippen LogP contribution in [0.2, 0.25) is 0 Å². The highest BCUT2D eigenvalue weighted by molar-refractivity contribution is 5.91. The summed E-state index contributed by atoms with van der Waals surface area (Å²) in [5.41, 5.74) is 7.59. The maximum Gasteiger partial charge on any atom is 0.226 e. The fourth-order valence-corrected chi connectivity index (χ4v) is 10.3. The Hall–Kier alpha value is -3.34. The van der Waals surface area contributed by atoms with Crippen LogP contribution in [0.25, 0.3) is 22.2 Å². The van der Waals surface area contributed by atoms with Crippen molar-refractivity contribution in [3.63, 3.8) is 0 Å². The lowest BCUT2D eigenvalue weighted by Gasteiger charge is -2.59. The summed E-state index contributed by atoms with van der Waals surface area (Å²) in [5.74, 6) is 2.37. The van der Waals surface area contributed by atoms with E-state index in [1.807, 2.05) is 18.0 Å². The van der Waals surface area contributed by atoms with E-state index in [0.717, 1.165) is 56.2 Å². The van der Waals surface area contributed by atoms with Gasteiger partial charge >= 0.3 is 0 Å². The number of H-pyrrole nitrogens is 1. The molecule has 220 valence electrons. The Labute approximate surface area is 250 Å². The first-order valence-corrected chi connectivity index (χ1v) is 16.1. The minimum atomic E-state index is 0.0474. The summed E-state index contributed by atoms with van der Waals surface area (Å²) in [6.45, 7) is 7.76. The van der Waals surface area contributed by atoms with Crippen molar-refractivity contribution in [3.05, 3.63) is 71.4 Å². The van der Waals surface area contributed by atoms with Crippen LogP contribution in [0, 0.1) is 34.5 Å². The first-order valence-electron chi connectivity index (χ1n) is 16.1. The van der Waals surface area contributed by atoms with Gasteiger partial charge in [0.2, 0.25) is 11.8 Å². The van der Waals surface area contributed by atoms with Crippen LogP contribution in [0.15, 0.2) is 65.9 Å². The van der Waals surface area contributed by atoms with Crippen LogP contribution in [0.1, 0.15) is 71.3 Å². The van der Waals surface area contributed by atoms with Gasteiger partial charge < -0.3 is 15.2 Å². The van der Waals surface area contributed by atoms with Crippen LogP contribution < -0.4 is 5.32 Å². The number of amides is 2. The second kappa shape index (κ2) is 10.1. The number of likely N-dealkylation sites (tertiary alicyclic amines) is 1. The second-order valence-electron chi connectivity index (χ2n) is 14.2. The number of carbonyl (C=O) groups is 2. The molecule has 2 aromatic carbocycles. The molecule has 1 aliphatic heterocycles. The molecular formula is C37H45N3O2. The third-order valence-corrected chi connectivity index (χ3v) is 12.2. The molecule has 42 heavy (non-hydrogen) atoms. The molecule has 1 aromatic heterocycles. The molecule has 0 radical (unpaired) electrons. The van der Waals surface area contributed by atoms with Gasteiger partial charge in [-0.1, -0.05) is 68.0 Å². The molecule has 3 aromatic rings. The number of aromatic amines is 1. The van der Waals surface area contributed by atoms with Crippen molar-refractivity contribution < 1.29 is 9.59 Å². The Kier molecular flexibility index (Phi) is 6.64. The Balaban J connectivity index is 1.08. The number of nitrogens with one attached hydrogen (secondary N) is 2. The number of para-hydroxylation sites is 1. The van der Waals surface area contributed by atoms with Crippen LogP contribution in [-0.2, 0) is 16.0 Å². The number of fused-ring (bicyclic) bond motifs is 6. The van der Waals surface area contributed by atoms with E-state index in [4.69, 9.17) is 0 Å². The zero-order chi connectivity index (χ0) is 29.2. The lowest BCUT2D eigenvalue weighted by molar-refractivity contribution is -0.138. The Morgan fingerprint density at radius 2 is 1.76 bits per heavy atom. The van der Waals surface area contributed by atoms with Gasteiger partial charge in [0, 0.05) is 53.6 Å². The van der Waals surface area contributed by atoms with Gasteiger partial charge in [0.05, 0.1) is 0 Å². The van der Waals surface area contributed by atoms with Crippen molar-refractivity contribution in [2.45, 2.75) is 72.1 Å². The van der Waals surface area contributed by atoms with Crippen molar-refractivity contribution in [2.24, 2.45) is 34.5 Å². The molecule has 1 saturated heterocycles. The molecule has 6 atom stereocenters. The van der Waals surface area contributed by atoms with Crippen molar-refractivity contribution >= 4 is 22.7 Å².